The minimum atomic E-state index is -0.621. The van der Waals surface area contributed by atoms with Crippen molar-refractivity contribution in [2.75, 3.05) is 0 Å². The van der Waals surface area contributed by atoms with E-state index in [1.807, 2.05) is 0 Å². The summed E-state index contributed by atoms with van der Waals surface area (Å²) in [6, 6.07) is 11.6. The molecule has 0 saturated heterocycles. The Morgan fingerprint density at radius 2 is 1.75 bits per heavy atom. The third kappa shape index (κ3) is 2.95. The number of rotatable bonds is 4. The van der Waals surface area contributed by atoms with Crippen molar-refractivity contribution >= 4 is 17.5 Å². The molecule has 0 aliphatic rings. The Morgan fingerprint density at radius 1 is 1.10 bits per heavy atom. The first-order valence-electron chi connectivity index (χ1n) is 5.80. The molecule has 0 atom stereocenters. The molecule has 0 saturated carbocycles. The highest BCUT2D eigenvalue weighted by atomic mass is 19.1. The van der Waals surface area contributed by atoms with Gasteiger partial charge in [-0.15, -0.1) is 0 Å². The molecule has 0 bridgehead atoms. The van der Waals surface area contributed by atoms with Crippen molar-refractivity contribution in [2.24, 2.45) is 0 Å². The number of ketones is 1. The van der Waals surface area contributed by atoms with E-state index in [0.717, 1.165) is 6.08 Å². The molecular formula is C15H10FNO3. The summed E-state index contributed by atoms with van der Waals surface area (Å²) in [7, 11) is 0. The van der Waals surface area contributed by atoms with Crippen LogP contribution in [0.1, 0.15) is 15.9 Å². The Labute approximate surface area is 114 Å². The van der Waals surface area contributed by atoms with Crippen LogP contribution >= 0.6 is 0 Å². The molecule has 0 fully saturated rings. The predicted molar refractivity (Wildman–Crippen MR) is 72.9 cm³/mol. The van der Waals surface area contributed by atoms with E-state index in [4.69, 9.17) is 0 Å². The van der Waals surface area contributed by atoms with Gasteiger partial charge in [0, 0.05) is 6.07 Å². The lowest BCUT2D eigenvalue weighted by Crippen LogP contribution is -1.98. The van der Waals surface area contributed by atoms with Crippen molar-refractivity contribution < 1.29 is 14.1 Å². The van der Waals surface area contributed by atoms with Gasteiger partial charge in [0.15, 0.2) is 5.78 Å². The summed E-state index contributed by atoms with van der Waals surface area (Å²) in [5, 5.41) is 10.8. The summed E-state index contributed by atoms with van der Waals surface area (Å²) in [6.07, 6.45) is 2.44. The topological polar surface area (TPSA) is 60.2 Å². The van der Waals surface area contributed by atoms with Gasteiger partial charge in [-0.1, -0.05) is 24.3 Å². The van der Waals surface area contributed by atoms with Gasteiger partial charge in [0.05, 0.1) is 16.1 Å². The van der Waals surface area contributed by atoms with E-state index < -0.39 is 16.5 Å². The third-order valence-electron chi connectivity index (χ3n) is 2.69. The normalized spacial score (nSPS) is 10.7. The third-order valence-corrected chi connectivity index (χ3v) is 2.69. The van der Waals surface area contributed by atoms with Gasteiger partial charge in [0.1, 0.15) is 5.82 Å². The highest BCUT2D eigenvalue weighted by Crippen LogP contribution is 2.19. The zero-order valence-electron chi connectivity index (χ0n) is 10.3. The molecule has 100 valence electrons. The molecule has 0 aliphatic carbocycles. The number of nitro benzene ring substituents is 1. The smallest absolute Gasteiger partial charge is 0.276 e. The van der Waals surface area contributed by atoms with Crippen LogP contribution in [0.3, 0.4) is 0 Å². The number of hydrogen-bond donors (Lipinski definition) is 0. The molecule has 0 N–H and O–H groups in total. The first-order chi connectivity index (χ1) is 9.59. The number of nitro groups is 1. The van der Waals surface area contributed by atoms with Gasteiger partial charge in [-0.25, -0.2) is 4.39 Å². The second-order valence-corrected chi connectivity index (χ2v) is 3.99. The number of carbonyl (C=O) groups is 1. The molecular weight excluding hydrogens is 261 g/mol. The van der Waals surface area contributed by atoms with Crippen LogP contribution in [0, 0.1) is 15.9 Å². The van der Waals surface area contributed by atoms with E-state index >= 15 is 0 Å². The van der Waals surface area contributed by atoms with Gasteiger partial charge in [0.2, 0.25) is 0 Å². The van der Waals surface area contributed by atoms with Gasteiger partial charge in [0.25, 0.3) is 5.69 Å². The fourth-order valence-corrected chi connectivity index (χ4v) is 1.71. The Hall–Kier alpha value is -2.82. The predicted octanol–water partition coefficient (Wildman–Crippen LogP) is 3.63. The van der Waals surface area contributed by atoms with Gasteiger partial charge >= 0.3 is 0 Å². The van der Waals surface area contributed by atoms with Gasteiger partial charge in [-0.2, -0.15) is 0 Å². The number of nitrogens with zero attached hydrogens (tertiary/aromatic N) is 1. The van der Waals surface area contributed by atoms with Crippen LogP contribution in [-0.4, -0.2) is 10.7 Å². The van der Waals surface area contributed by atoms with E-state index in [9.17, 15) is 19.3 Å². The number of carbonyl (C=O) groups excluding carboxylic acids is 1. The quantitative estimate of drug-likeness (QED) is 0.369. The van der Waals surface area contributed by atoms with Crippen molar-refractivity contribution in [1.29, 1.82) is 0 Å². The second kappa shape index (κ2) is 5.88. The highest BCUT2D eigenvalue weighted by Gasteiger charge is 2.11. The van der Waals surface area contributed by atoms with E-state index in [1.54, 1.807) is 12.1 Å². The minimum absolute atomic E-state index is 0.0673. The molecule has 0 amide bonds. The van der Waals surface area contributed by atoms with Crippen LogP contribution in [0.25, 0.3) is 6.08 Å². The van der Waals surface area contributed by atoms with E-state index in [2.05, 4.69) is 0 Å². The summed E-state index contributed by atoms with van der Waals surface area (Å²) < 4.78 is 13.4. The van der Waals surface area contributed by atoms with Gasteiger partial charge in [-0.3, -0.25) is 14.9 Å². The van der Waals surface area contributed by atoms with Crippen molar-refractivity contribution in [3.63, 3.8) is 0 Å². The van der Waals surface area contributed by atoms with E-state index in [0.29, 0.717) is 5.56 Å². The lowest BCUT2D eigenvalue weighted by atomic mass is 10.1. The fourth-order valence-electron chi connectivity index (χ4n) is 1.71. The summed E-state index contributed by atoms with van der Waals surface area (Å²) in [5.74, 6) is -1.16. The van der Waals surface area contributed by atoms with Crippen LogP contribution in [-0.2, 0) is 0 Å². The maximum atomic E-state index is 13.4. The molecule has 2 aromatic carbocycles. The van der Waals surface area contributed by atoms with Crippen LogP contribution in [0.5, 0.6) is 0 Å². The Bertz CT molecular complexity index is 695. The molecule has 0 heterocycles. The Kier molecular flexibility index (Phi) is 4.00. The molecule has 5 heteroatoms. The average molecular weight is 271 g/mol. The molecule has 0 spiro atoms. The number of hydrogen-bond acceptors (Lipinski definition) is 3. The number of halogens is 1. The maximum Gasteiger partial charge on any atom is 0.276 e. The molecule has 20 heavy (non-hydrogen) atoms. The largest absolute Gasteiger partial charge is 0.289 e. The van der Waals surface area contributed by atoms with Crippen molar-refractivity contribution in [1.82, 2.24) is 0 Å². The zero-order chi connectivity index (χ0) is 14.5. The number of allylic oxidation sites excluding steroid dienone is 1. The molecule has 0 unspecified atom stereocenters. The number of para-hydroxylation sites is 1. The molecule has 0 aromatic heterocycles. The monoisotopic (exact) mass is 271 g/mol. The standard InChI is InChI=1S/C15H10FNO3/c16-13-7-3-2-6-12(13)15(18)10-9-11-5-1-4-8-14(11)17(19)20/h1-10H. The first kappa shape index (κ1) is 13.6. The van der Waals surface area contributed by atoms with Gasteiger partial charge in [-0.05, 0) is 30.4 Å². The zero-order valence-corrected chi connectivity index (χ0v) is 10.3. The SMILES string of the molecule is O=C(C=Cc1ccccc1[N+](=O)[O-])c1ccccc1F. The Morgan fingerprint density at radius 3 is 2.45 bits per heavy atom. The Balaban J connectivity index is 2.29. The molecule has 2 rings (SSSR count). The van der Waals surface area contributed by atoms with E-state index in [-0.39, 0.29) is 11.3 Å². The summed E-state index contributed by atoms with van der Waals surface area (Å²) in [5.41, 5.74) is 0.120. The average Bonchev–Trinajstić information content (AvgIpc) is 2.45. The summed E-state index contributed by atoms with van der Waals surface area (Å²) in [4.78, 5) is 22.1. The number of benzene rings is 2. The molecule has 0 radical (unpaired) electrons. The lowest BCUT2D eigenvalue weighted by Gasteiger charge is -1.98. The molecule has 4 nitrogen and oxygen atoms in total. The first-order valence-corrected chi connectivity index (χ1v) is 5.80. The van der Waals surface area contributed by atoms with E-state index in [1.165, 1.54) is 42.5 Å². The molecule has 2 aromatic rings. The van der Waals surface area contributed by atoms with Crippen LogP contribution in [0.4, 0.5) is 10.1 Å². The fraction of sp³-hybridized carbons (Fsp3) is 0. The van der Waals surface area contributed by atoms with Crippen molar-refractivity contribution in [2.45, 2.75) is 0 Å². The summed E-state index contributed by atoms with van der Waals surface area (Å²) >= 11 is 0. The summed E-state index contributed by atoms with van der Waals surface area (Å²) in [6.45, 7) is 0. The lowest BCUT2D eigenvalue weighted by molar-refractivity contribution is -0.385. The van der Waals surface area contributed by atoms with Crippen LogP contribution in [0.15, 0.2) is 54.6 Å². The van der Waals surface area contributed by atoms with Crippen LogP contribution in [0.2, 0.25) is 0 Å². The minimum Gasteiger partial charge on any atom is -0.289 e. The van der Waals surface area contributed by atoms with Gasteiger partial charge < -0.3 is 0 Å². The van der Waals surface area contributed by atoms with Crippen molar-refractivity contribution in [3.05, 3.63) is 81.7 Å². The molecule has 0 aliphatic heterocycles. The van der Waals surface area contributed by atoms with Crippen LogP contribution < -0.4 is 0 Å². The highest BCUT2D eigenvalue weighted by molar-refractivity contribution is 6.07. The second-order valence-electron chi connectivity index (χ2n) is 3.99. The van der Waals surface area contributed by atoms with Crippen molar-refractivity contribution in [3.8, 4) is 0 Å². The maximum absolute atomic E-state index is 13.4.